The molecular weight excluding hydrogens is 536 g/mol. The van der Waals surface area contributed by atoms with Crippen LogP contribution in [0.1, 0.15) is 23.8 Å². The third-order valence-electron chi connectivity index (χ3n) is 5.15. The lowest BCUT2D eigenvalue weighted by Crippen LogP contribution is -2.49. The van der Waals surface area contributed by atoms with E-state index in [1.54, 1.807) is 12.3 Å². The lowest BCUT2D eigenvalue weighted by atomic mass is 10.1. The Labute approximate surface area is 203 Å². The fraction of sp³-hybridized carbons (Fsp3) is 0.500. The molecule has 1 saturated heterocycles. The number of halogens is 4. The molecule has 2 heterocycles. The number of alkyl halides is 3. The lowest BCUT2D eigenvalue weighted by Gasteiger charge is -2.32. The van der Waals surface area contributed by atoms with E-state index in [4.69, 9.17) is 9.15 Å². The summed E-state index contributed by atoms with van der Waals surface area (Å²) >= 11 is 0. The highest BCUT2D eigenvalue weighted by atomic mass is 127. The number of nitrogens with zero attached hydrogens (tertiary/aromatic N) is 2. The quantitative estimate of drug-likeness (QED) is 0.289. The minimum absolute atomic E-state index is 0. The Morgan fingerprint density at radius 2 is 1.94 bits per heavy atom. The monoisotopic (exact) mass is 566 g/mol. The van der Waals surface area contributed by atoms with E-state index in [1.807, 2.05) is 12.1 Å². The molecule has 0 bridgehead atoms. The molecule has 32 heavy (non-hydrogen) atoms. The van der Waals surface area contributed by atoms with Crippen molar-refractivity contribution in [1.29, 1.82) is 0 Å². The summed E-state index contributed by atoms with van der Waals surface area (Å²) in [4.78, 5) is 6.84. The predicted molar refractivity (Wildman–Crippen MR) is 128 cm³/mol. The van der Waals surface area contributed by atoms with Crippen LogP contribution in [-0.2, 0) is 23.9 Å². The van der Waals surface area contributed by atoms with Gasteiger partial charge in [0, 0.05) is 38.6 Å². The summed E-state index contributed by atoms with van der Waals surface area (Å²) in [5.41, 5.74) is -0.162. The van der Waals surface area contributed by atoms with Crippen LogP contribution in [0.25, 0.3) is 0 Å². The van der Waals surface area contributed by atoms with Crippen LogP contribution in [0.2, 0.25) is 0 Å². The second-order valence-electron chi connectivity index (χ2n) is 7.50. The van der Waals surface area contributed by atoms with Gasteiger partial charge in [-0.25, -0.2) is 4.99 Å². The zero-order valence-corrected chi connectivity index (χ0v) is 20.4. The van der Waals surface area contributed by atoms with E-state index < -0.39 is 11.7 Å². The van der Waals surface area contributed by atoms with Crippen molar-refractivity contribution in [3.63, 3.8) is 0 Å². The van der Waals surface area contributed by atoms with Gasteiger partial charge in [0.2, 0.25) is 0 Å². The van der Waals surface area contributed by atoms with Crippen molar-refractivity contribution in [2.45, 2.75) is 32.1 Å². The molecule has 178 valence electrons. The Morgan fingerprint density at radius 3 is 2.62 bits per heavy atom. The third-order valence-corrected chi connectivity index (χ3v) is 5.15. The molecule has 0 aliphatic carbocycles. The Bertz CT molecular complexity index is 825. The van der Waals surface area contributed by atoms with Crippen molar-refractivity contribution < 1.29 is 22.3 Å². The van der Waals surface area contributed by atoms with Crippen molar-refractivity contribution >= 4 is 29.9 Å². The highest BCUT2D eigenvalue weighted by molar-refractivity contribution is 14.0. The van der Waals surface area contributed by atoms with Gasteiger partial charge in [0.1, 0.15) is 5.76 Å². The molecule has 6 nitrogen and oxygen atoms in total. The maximum Gasteiger partial charge on any atom is 0.416 e. The first kappa shape index (κ1) is 26.5. The molecule has 3 rings (SSSR count). The Hall–Kier alpha value is -1.79. The van der Waals surface area contributed by atoms with E-state index in [0.717, 1.165) is 44.2 Å². The smallest absolute Gasteiger partial charge is 0.416 e. The van der Waals surface area contributed by atoms with Crippen molar-refractivity contribution in [2.24, 2.45) is 4.99 Å². The van der Waals surface area contributed by atoms with Gasteiger partial charge in [-0.15, -0.1) is 24.0 Å². The molecule has 2 N–H and O–H groups in total. The van der Waals surface area contributed by atoms with Gasteiger partial charge in [0.25, 0.3) is 0 Å². The van der Waals surface area contributed by atoms with Gasteiger partial charge in [-0.1, -0.05) is 12.1 Å². The van der Waals surface area contributed by atoms with Crippen LogP contribution in [0.3, 0.4) is 0 Å². The average Bonchev–Trinajstić information content (AvgIpc) is 3.29. The second kappa shape index (κ2) is 13.0. The molecular formula is C22H30F3IN4O2. The standard InChI is InChI=1S/C22H29F3N4O2.HI/c1-17(29-9-12-30-13-10-29)15-27-21(26-8-7-20-6-3-11-31-20)28-16-18-4-2-5-19(14-18)22(23,24)25;/h2-6,11,14,17H,7-10,12-13,15-16H2,1H3,(H2,26,27,28);1H. The van der Waals surface area contributed by atoms with Crippen LogP contribution in [0.15, 0.2) is 52.1 Å². The summed E-state index contributed by atoms with van der Waals surface area (Å²) in [6.45, 7) is 6.74. The highest BCUT2D eigenvalue weighted by Gasteiger charge is 2.30. The number of furan rings is 1. The summed E-state index contributed by atoms with van der Waals surface area (Å²) in [7, 11) is 0. The van der Waals surface area contributed by atoms with Gasteiger partial charge in [0.15, 0.2) is 5.96 Å². The summed E-state index contributed by atoms with van der Waals surface area (Å²) in [5.74, 6) is 1.41. The van der Waals surface area contributed by atoms with Gasteiger partial charge in [-0.3, -0.25) is 4.90 Å². The number of hydrogen-bond donors (Lipinski definition) is 2. The highest BCUT2D eigenvalue weighted by Crippen LogP contribution is 2.29. The molecule has 1 aromatic heterocycles. The maximum absolute atomic E-state index is 13.0. The van der Waals surface area contributed by atoms with Crippen molar-refractivity contribution in [1.82, 2.24) is 15.5 Å². The van der Waals surface area contributed by atoms with Crippen LogP contribution in [0.5, 0.6) is 0 Å². The van der Waals surface area contributed by atoms with Crippen LogP contribution in [0.4, 0.5) is 13.2 Å². The fourth-order valence-electron chi connectivity index (χ4n) is 3.34. The van der Waals surface area contributed by atoms with Crippen LogP contribution in [-0.4, -0.2) is 56.3 Å². The molecule has 0 spiro atoms. The number of ether oxygens (including phenoxy) is 1. The van der Waals surface area contributed by atoms with Gasteiger partial charge in [-0.05, 0) is 36.8 Å². The van der Waals surface area contributed by atoms with Crippen LogP contribution in [0, 0.1) is 0 Å². The molecule has 1 aromatic carbocycles. The predicted octanol–water partition coefficient (Wildman–Crippen LogP) is 3.92. The Kier molecular flexibility index (Phi) is 10.8. The summed E-state index contributed by atoms with van der Waals surface area (Å²) in [5, 5.41) is 6.56. The number of hydrogen-bond acceptors (Lipinski definition) is 4. The van der Waals surface area contributed by atoms with Crippen molar-refractivity contribution in [3.05, 3.63) is 59.5 Å². The topological polar surface area (TPSA) is 62.0 Å². The maximum atomic E-state index is 13.0. The molecule has 0 saturated carbocycles. The van der Waals surface area contributed by atoms with Crippen molar-refractivity contribution in [2.75, 3.05) is 39.4 Å². The van der Waals surface area contributed by atoms with E-state index in [9.17, 15) is 13.2 Å². The van der Waals surface area contributed by atoms with E-state index in [1.165, 1.54) is 6.07 Å². The van der Waals surface area contributed by atoms with E-state index in [-0.39, 0.29) is 36.6 Å². The molecule has 1 atom stereocenters. The normalized spacial score (nSPS) is 16.3. The number of nitrogens with one attached hydrogen (secondary N) is 2. The van der Waals surface area contributed by atoms with Crippen LogP contribution >= 0.6 is 24.0 Å². The molecule has 1 fully saturated rings. The average molecular weight is 566 g/mol. The van der Waals surface area contributed by atoms with E-state index >= 15 is 0 Å². The number of morpholine rings is 1. The van der Waals surface area contributed by atoms with Gasteiger partial charge in [0.05, 0.1) is 31.6 Å². The molecule has 2 aromatic rings. The van der Waals surface area contributed by atoms with Gasteiger partial charge < -0.3 is 19.8 Å². The number of guanidine groups is 1. The summed E-state index contributed by atoms with van der Waals surface area (Å²) in [6.07, 6.45) is -2.06. The number of benzene rings is 1. The summed E-state index contributed by atoms with van der Waals surface area (Å²) < 4.78 is 49.7. The summed E-state index contributed by atoms with van der Waals surface area (Å²) in [6, 6.07) is 9.27. The molecule has 0 amide bonds. The van der Waals surface area contributed by atoms with Gasteiger partial charge in [-0.2, -0.15) is 13.2 Å². The molecule has 10 heteroatoms. The second-order valence-corrected chi connectivity index (χ2v) is 7.50. The third kappa shape index (κ3) is 8.62. The molecule has 1 unspecified atom stereocenters. The molecule has 1 aliphatic rings. The van der Waals surface area contributed by atoms with Crippen LogP contribution < -0.4 is 10.6 Å². The zero-order valence-electron chi connectivity index (χ0n) is 18.0. The first-order chi connectivity index (χ1) is 14.9. The van der Waals surface area contributed by atoms with E-state index in [2.05, 4.69) is 27.4 Å². The minimum atomic E-state index is -4.37. The Balaban J connectivity index is 0.00000363. The zero-order chi connectivity index (χ0) is 22.1. The Morgan fingerprint density at radius 1 is 1.16 bits per heavy atom. The molecule has 1 aliphatic heterocycles. The lowest BCUT2D eigenvalue weighted by molar-refractivity contribution is -0.137. The first-order valence-electron chi connectivity index (χ1n) is 10.4. The first-order valence-corrected chi connectivity index (χ1v) is 10.4. The van der Waals surface area contributed by atoms with Gasteiger partial charge >= 0.3 is 6.18 Å². The molecule has 0 radical (unpaired) electrons. The van der Waals surface area contributed by atoms with Crippen molar-refractivity contribution in [3.8, 4) is 0 Å². The SMILES string of the molecule is CC(CNC(=NCc1cccc(C(F)(F)F)c1)NCCc1ccco1)N1CCOCC1.I. The largest absolute Gasteiger partial charge is 0.469 e. The van der Waals surface area contributed by atoms with E-state index in [0.29, 0.717) is 31.0 Å². The number of rotatable bonds is 8. The number of aliphatic imine (C=N–C) groups is 1. The minimum Gasteiger partial charge on any atom is -0.469 e. The fourth-order valence-corrected chi connectivity index (χ4v) is 3.34.